The van der Waals surface area contributed by atoms with E-state index >= 15 is 0 Å². The smallest absolute Gasteiger partial charge is 0.136 e. The summed E-state index contributed by atoms with van der Waals surface area (Å²) in [6, 6.07) is 54.6. The van der Waals surface area contributed by atoms with E-state index in [4.69, 9.17) is 9.40 Å². The van der Waals surface area contributed by atoms with Crippen molar-refractivity contribution in [2.75, 3.05) is 0 Å². The zero-order chi connectivity index (χ0) is 45.5. The van der Waals surface area contributed by atoms with Gasteiger partial charge in [-0.3, -0.25) is 15.0 Å². The zero-order valence-corrected chi connectivity index (χ0v) is 43.1. The van der Waals surface area contributed by atoms with E-state index in [-0.39, 0.29) is 20.1 Å². The van der Waals surface area contributed by atoms with Crippen LogP contribution in [-0.2, 0) is 32.9 Å². The number of rotatable bonds is 7. The molecule has 4 heterocycles. The summed E-state index contributed by atoms with van der Waals surface area (Å²) >= 11 is 0. The van der Waals surface area contributed by atoms with E-state index in [0.717, 1.165) is 63.0 Å². The Morgan fingerprint density at radius 1 is 0.462 bits per heavy atom. The minimum atomic E-state index is -1.36. The molecular formula is C59H63IrN3OSi. The van der Waals surface area contributed by atoms with Crippen LogP contribution in [0.4, 0.5) is 0 Å². The van der Waals surface area contributed by atoms with Gasteiger partial charge in [0.15, 0.2) is 0 Å². The molecule has 0 bridgehead atoms. The van der Waals surface area contributed by atoms with Gasteiger partial charge in [0.25, 0.3) is 0 Å². The zero-order valence-electron chi connectivity index (χ0n) is 39.7. The molecule has 0 aliphatic carbocycles. The third-order valence-corrected chi connectivity index (χ3v) is 13.1. The fraction of sp³-hybridized carbons (Fsp3) is 0.237. The Kier molecular flexibility index (Phi) is 15.7. The second-order valence-corrected chi connectivity index (χ2v) is 25.4. The van der Waals surface area contributed by atoms with Crippen molar-refractivity contribution in [3.8, 4) is 44.9 Å². The van der Waals surface area contributed by atoms with Gasteiger partial charge in [0.1, 0.15) is 11.2 Å². The van der Waals surface area contributed by atoms with Gasteiger partial charge in [0, 0.05) is 66.2 Å². The second kappa shape index (κ2) is 21.0. The molecule has 5 aromatic carbocycles. The summed E-state index contributed by atoms with van der Waals surface area (Å²) in [5.41, 5.74) is 15.5. The van der Waals surface area contributed by atoms with Gasteiger partial charge < -0.3 is 4.42 Å². The van der Waals surface area contributed by atoms with E-state index in [0.29, 0.717) is 10.8 Å². The molecule has 0 aliphatic rings. The normalized spacial score (nSPS) is 11.5. The van der Waals surface area contributed by atoms with Crippen molar-refractivity contribution < 1.29 is 24.5 Å². The second-order valence-electron chi connectivity index (χ2n) is 20.3. The number of furan rings is 1. The van der Waals surface area contributed by atoms with Crippen molar-refractivity contribution in [3.63, 3.8) is 0 Å². The third kappa shape index (κ3) is 13.4. The predicted molar refractivity (Wildman–Crippen MR) is 276 cm³/mol. The van der Waals surface area contributed by atoms with E-state index in [1.54, 1.807) is 0 Å². The Hall–Kier alpha value is -5.78. The van der Waals surface area contributed by atoms with Crippen molar-refractivity contribution >= 4 is 35.2 Å². The fourth-order valence-electron chi connectivity index (χ4n) is 8.06. The molecule has 9 aromatic rings. The number of fused-ring (bicyclic) bond motifs is 3. The largest absolute Gasteiger partial charge is 0.456 e. The molecule has 0 atom stereocenters. The Balaban J connectivity index is 0.000000164. The molecule has 0 aliphatic heterocycles. The third-order valence-electron chi connectivity index (χ3n) is 11.0. The van der Waals surface area contributed by atoms with Crippen LogP contribution < -0.4 is 5.19 Å². The van der Waals surface area contributed by atoms with Crippen LogP contribution in [0.3, 0.4) is 0 Å². The van der Waals surface area contributed by atoms with Crippen molar-refractivity contribution in [2.24, 2.45) is 10.8 Å². The SMILES string of the molecule is CC(C)(C)Cc1cc(-c2ccccc2)ncc1[Si](C)(C)C.CC(C)(C)Cc1ccnc(-c2ccccc2)c1.Cc1ccnc(-c2ccc3oc4cc(-c5ccccc5)ccc4c3c2)c1.[Ir]. The number of nitrogens with zero attached hydrogens (tertiary/aromatic N) is 3. The average Bonchev–Trinajstić information content (AvgIpc) is 3.64. The topological polar surface area (TPSA) is 51.8 Å². The first-order valence-electron chi connectivity index (χ1n) is 22.5. The number of aryl methyl sites for hydroxylation is 1. The van der Waals surface area contributed by atoms with Gasteiger partial charge in [-0.05, 0) is 124 Å². The molecule has 333 valence electrons. The molecule has 0 amide bonds. The number of hydrogen-bond acceptors (Lipinski definition) is 4. The van der Waals surface area contributed by atoms with Crippen LogP contribution in [0.15, 0.2) is 181 Å². The maximum atomic E-state index is 6.11. The molecule has 0 saturated carbocycles. The van der Waals surface area contributed by atoms with Gasteiger partial charge in [0.2, 0.25) is 0 Å². The Morgan fingerprint density at radius 2 is 1.00 bits per heavy atom. The molecule has 0 unspecified atom stereocenters. The van der Waals surface area contributed by atoms with Gasteiger partial charge >= 0.3 is 0 Å². The average molecular weight is 1050 g/mol. The summed E-state index contributed by atoms with van der Waals surface area (Å²) in [6.07, 6.45) is 8.08. The maximum absolute atomic E-state index is 6.11. The van der Waals surface area contributed by atoms with E-state index in [2.05, 4.69) is 206 Å². The predicted octanol–water partition coefficient (Wildman–Crippen LogP) is 15.8. The maximum Gasteiger partial charge on any atom is 0.136 e. The summed E-state index contributed by atoms with van der Waals surface area (Å²) < 4.78 is 6.11. The van der Waals surface area contributed by atoms with Gasteiger partial charge in [-0.2, -0.15) is 0 Å². The number of benzene rings is 5. The Morgan fingerprint density at radius 3 is 1.57 bits per heavy atom. The first-order chi connectivity index (χ1) is 30.5. The van der Waals surface area contributed by atoms with Gasteiger partial charge in [-0.15, -0.1) is 0 Å². The molecule has 0 N–H and O–H groups in total. The van der Waals surface area contributed by atoms with Crippen molar-refractivity contribution in [3.05, 3.63) is 193 Å². The van der Waals surface area contributed by atoms with Crippen molar-refractivity contribution in [1.29, 1.82) is 0 Å². The number of aromatic nitrogens is 3. The monoisotopic (exact) mass is 1050 g/mol. The molecule has 0 spiro atoms. The fourth-order valence-corrected chi connectivity index (χ4v) is 9.64. The first kappa shape index (κ1) is 48.7. The quantitative estimate of drug-likeness (QED) is 0.149. The molecular weight excluding hydrogens is 987 g/mol. The molecule has 65 heavy (non-hydrogen) atoms. The van der Waals surface area contributed by atoms with E-state index in [1.807, 2.05) is 48.8 Å². The first-order valence-corrected chi connectivity index (χ1v) is 26.0. The summed E-state index contributed by atoms with van der Waals surface area (Å²) in [6.45, 7) is 23.0. The molecule has 1 radical (unpaired) electrons. The molecule has 4 nitrogen and oxygen atoms in total. The van der Waals surface area contributed by atoms with Gasteiger partial charge in [-0.25, -0.2) is 0 Å². The van der Waals surface area contributed by atoms with Crippen LogP contribution in [0.5, 0.6) is 0 Å². The molecule has 0 saturated heterocycles. The van der Waals surface area contributed by atoms with Gasteiger partial charge in [-0.1, -0.05) is 158 Å². The number of hydrogen-bond donors (Lipinski definition) is 0. The summed E-state index contributed by atoms with van der Waals surface area (Å²) in [5, 5.41) is 3.76. The standard InChI is InChI=1S/C24H17NO.C19H27NSi.C16H19N.Ir/c1-16-11-12-25-22(13-16)19-8-10-23-21(14-19)20-9-7-18(15-24(20)26-23)17-5-3-2-4-6-17;1-19(2,3)13-16-12-17(15-10-8-7-9-11-15)20-14-18(16)21(4,5)6;1-16(2,3)12-13-9-10-17-15(11-13)14-7-5-4-6-8-14;/h2-15H,1H3;7-12,14H,13H2,1-6H3;4-11H,12H2,1-3H3;. The molecule has 4 aromatic heterocycles. The van der Waals surface area contributed by atoms with E-state index in [1.165, 1.54) is 38.6 Å². The number of pyridine rings is 3. The van der Waals surface area contributed by atoms with E-state index in [9.17, 15) is 0 Å². The Labute approximate surface area is 402 Å². The van der Waals surface area contributed by atoms with Crippen LogP contribution in [0.2, 0.25) is 19.6 Å². The van der Waals surface area contributed by atoms with Crippen molar-refractivity contribution in [2.45, 2.75) is 80.9 Å². The van der Waals surface area contributed by atoms with Crippen LogP contribution in [0, 0.1) is 17.8 Å². The van der Waals surface area contributed by atoms with Crippen LogP contribution in [0.25, 0.3) is 66.8 Å². The minimum absolute atomic E-state index is 0. The molecule has 0 fully saturated rings. The molecule has 6 heteroatoms. The van der Waals surface area contributed by atoms with Crippen LogP contribution >= 0.6 is 0 Å². The van der Waals surface area contributed by atoms with Gasteiger partial charge in [0.05, 0.1) is 25.2 Å². The van der Waals surface area contributed by atoms with Crippen LogP contribution in [-0.4, -0.2) is 23.0 Å². The summed E-state index contributed by atoms with van der Waals surface area (Å²) in [7, 11) is -1.36. The minimum Gasteiger partial charge on any atom is -0.456 e. The summed E-state index contributed by atoms with van der Waals surface area (Å²) in [5.74, 6) is 0. The summed E-state index contributed by atoms with van der Waals surface area (Å²) in [4.78, 5) is 13.7. The Bertz CT molecular complexity index is 2940. The molecule has 9 rings (SSSR count). The van der Waals surface area contributed by atoms with Crippen molar-refractivity contribution in [1.82, 2.24) is 15.0 Å². The van der Waals surface area contributed by atoms with E-state index < -0.39 is 8.07 Å². The van der Waals surface area contributed by atoms with Crippen LogP contribution in [0.1, 0.15) is 58.2 Å².